The van der Waals surface area contributed by atoms with Crippen LogP contribution in [-0.2, 0) is 0 Å². The molecule has 0 aliphatic carbocycles. The molecule has 0 fully saturated rings. The van der Waals surface area contributed by atoms with Gasteiger partial charge in [-0.25, -0.2) is 0 Å². The van der Waals surface area contributed by atoms with E-state index >= 15 is 0 Å². The van der Waals surface area contributed by atoms with Crippen LogP contribution in [0.5, 0.6) is 0 Å². The first-order chi connectivity index (χ1) is 28.6. The highest BCUT2D eigenvalue weighted by atomic mass is 14.3. The number of nitriles is 1. The zero-order valence-electron chi connectivity index (χ0n) is 32.2. The lowest BCUT2D eigenvalue weighted by molar-refractivity contribution is 1.38. The smallest absolute Gasteiger partial charge is 0.0991 e. The molecule has 0 spiro atoms. The highest BCUT2D eigenvalue weighted by Gasteiger charge is 2.27. The van der Waals surface area contributed by atoms with Crippen molar-refractivity contribution in [2.24, 2.45) is 0 Å². The Morgan fingerprint density at radius 3 is 1.50 bits per heavy atom. The van der Waals surface area contributed by atoms with Crippen molar-refractivity contribution in [3.8, 4) is 50.6 Å². The second-order valence-corrected chi connectivity index (χ2v) is 15.9. The second kappa shape index (κ2) is 12.2. The van der Waals surface area contributed by atoms with Crippen molar-refractivity contribution in [1.29, 1.82) is 5.26 Å². The van der Waals surface area contributed by atoms with Crippen molar-refractivity contribution in [2.75, 3.05) is 0 Å². The van der Waals surface area contributed by atoms with Gasteiger partial charge in [0.2, 0.25) is 0 Å². The SMILES string of the molecule is Cc1cc(-c2ccc(C#N)cc2)cc(C)c1-c1ccc2c3c(-c4ccccc4)c4c(cc5c6ccccc6c6cccc4c65)c(-c4ccccc4)c3c3cccc1c32. The molecule has 0 amide bonds. The van der Waals surface area contributed by atoms with E-state index in [1.165, 1.54) is 125 Å². The average molecular weight is 734 g/mol. The molecule has 268 valence electrons. The maximum atomic E-state index is 9.38. The number of hydrogen-bond acceptors (Lipinski definition) is 1. The first kappa shape index (κ1) is 32.7. The Bertz CT molecular complexity index is 3640. The molecule has 58 heavy (non-hydrogen) atoms. The van der Waals surface area contributed by atoms with Gasteiger partial charge in [-0.3, -0.25) is 0 Å². The van der Waals surface area contributed by atoms with Crippen molar-refractivity contribution < 1.29 is 0 Å². The summed E-state index contributed by atoms with van der Waals surface area (Å²) in [6, 6.07) is 67.0. The second-order valence-electron chi connectivity index (χ2n) is 15.9. The van der Waals surface area contributed by atoms with Crippen molar-refractivity contribution in [1.82, 2.24) is 0 Å². The van der Waals surface area contributed by atoms with Crippen LogP contribution in [0.25, 0.3) is 120 Å². The highest BCUT2D eigenvalue weighted by Crippen LogP contribution is 2.55. The molecule has 0 atom stereocenters. The van der Waals surface area contributed by atoms with Gasteiger partial charge in [-0.15, -0.1) is 0 Å². The Kier molecular flexibility index (Phi) is 6.89. The maximum Gasteiger partial charge on any atom is 0.0991 e. The summed E-state index contributed by atoms with van der Waals surface area (Å²) in [5.41, 5.74) is 13.0. The highest BCUT2D eigenvalue weighted by molar-refractivity contribution is 6.45. The molecule has 0 saturated carbocycles. The van der Waals surface area contributed by atoms with Gasteiger partial charge >= 0.3 is 0 Å². The quantitative estimate of drug-likeness (QED) is 0.165. The molecule has 0 saturated heterocycles. The molecule has 12 aromatic rings. The Morgan fingerprint density at radius 1 is 0.310 bits per heavy atom. The predicted molar refractivity (Wildman–Crippen MR) is 247 cm³/mol. The third-order valence-corrected chi connectivity index (χ3v) is 12.8. The van der Waals surface area contributed by atoms with Crippen LogP contribution in [0.15, 0.2) is 176 Å². The molecule has 12 rings (SSSR count). The maximum absolute atomic E-state index is 9.38. The van der Waals surface area contributed by atoms with Crippen LogP contribution in [0.3, 0.4) is 0 Å². The fourth-order valence-electron chi connectivity index (χ4n) is 10.5. The van der Waals surface area contributed by atoms with Crippen LogP contribution >= 0.6 is 0 Å². The molecule has 0 heterocycles. The van der Waals surface area contributed by atoms with E-state index in [1.54, 1.807) is 0 Å². The summed E-state index contributed by atoms with van der Waals surface area (Å²) in [4.78, 5) is 0. The molecular weight excluding hydrogens is 699 g/mol. The molecule has 0 N–H and O–H groups in total. The number of aryl methyl sites for hydroxylation is 2. The first-order valence-electron chi connectivity index (χ1n) is 20.1. The summed E-state index contributed by atoms with van der Waals surface area (Å²) in [6.45, 7) is 4.47. The number of nitrogens with zero attached hydrogens (tertiary/aromatic N) is 1. The molecule has 0 aromatic heterocycles. The van der Waals surface area contributed by atoms with E-state index in [4.69, 9.17) is 0 Å². The van der Waals surface area contributed by atoms with Crippen molar-refractivity contribution >= 4 is 75.4 Å². The first-order valence-corrected chi connectivity index (χ1v) is 20.1. The number of rotatable bonds is 4. The van der Waals surface area contributed by atoms with Gasteiger partial charge in [0.05, 0.1) is 11.6 Å². The summed E-state index contributed by atoms with van der Waals surface area (Å²) < 4.78 is 0. The van der Waals surface area contributed by atoms with E-state index in [-0.39, 0.29) is 0 Å². The molecule has 0 aliphatic rings. The average Bonchev–Trinajstić information content (AvgIpc) is 3.78. The lowest BCUT2D eigenvalue weighted by Gasteiger charge is -2.19. The van der Waals surface area contributed by atoms with Gasteiger partial charge in [0.25, 0.3) is 0 Å². The fraction of sp³-hybridized carbons (Fsp3) is 0.0351. The zero-order valence-corrected chi connectivity index (χ0v) is 32.2. The predicted octanol–water partition coefficient (Wildman–Crippen LogP) is 15.8. The topological polar surface area (TPSA) is 23.8 Å². The summed E-state index contributed by atoms with van der Waals surface area (Å²) in [7, 11) is 0. The van der Waals surface area contributed by atoms with Crippen LogP contribution < -0.4 is 0 Å². The normalized spacial score (nSPS) is 11.9. The lowest BCUT2D eigenvalue weighted by Crippen LogP contribution is -1.92. The van der Waals surface area contributed by atoms with E-state index in [9.17, 15) is 5.26 Å². The summed E-state index contributed by atoms with van der Waals surface area (Å²) in [6.07, 6.45) is 0. The van der Waals surface area contributed by atoms with E-state index in [1.807, 2.05) is 12.1 Å². The molecule has 0 unspecified atom stereocenters. The molecule has 12 aromatic carbocycles. The van der Waals surface area contributed by atoms with Gasteiger partial charge in [-0.2, -0.15) is 5.26 Å². The van der Waals surface area contributed by atoms with Crippen LogP contribution in [0.4, 0.5) is 0 Å². The molecule has 0 aliphatic heterocycles. The van der Waals surface area contributed by atoms with Crippen LogP contribution in [0, 0.1) is 25.2 Å². The van der Waals surface area contributed by atoms with Crippen molar-refractivity contribution in [3.05, 3.63) is 193 Å². The Hall–Kier alpha value is -7.53. The Balaban J connectivity index is 1.26. The summed E-state index contributed by atoms with van der Waals surface area (Å²) >= 11 is 0. The van der Waals surface area contributed by atoms with Gasteiger partial charge < -0.3 is 0 Å². The van der Waals surface area contributed by atoms with Gasteiger partial charge in [0, 0.05) is 0 Å². The van der Waals surface area contributed by atoms with E-state index < -0.39 is 0 Å². The van der Waals surface area contributed by atoms with Crippen molar-refractivity contribution in [3.63, 3.8) is 0 Å². The molecule has 0 bridgehead atoms. The number of fused-ring (bicyclic) bond motifs is 8. The van der Waals surface area contributed by atoms with E-state index in [2.05, 4.69) is 184 Å². The third kappa shape index (κ3) is 4.46. The molecule has 1 nitrogen and oxygen atoms in total. The van der Waals surface area contributed by atoms with Crippen molar-refractivity contribution in [2.45, 2.75) is 13.8 Å². The molecular formula is C57H35N. The van der Waals surface area contributed by atoms with Gasteiger partial charge in [0.15, 0.2) is 0 Å². The van der Waals surface area contributed by atoms with Crippen LogP contribution in [0.2, 0.25) is 0 Å². The standard InChI is InChI=1S/C57H35N/c1-33-29-39(36-25-23-35(32-58)24-26-36)30-34(2)50(33)44-27-28-47-53-43(44)20-12-22-46(53)56-51(37-13-5-3-6-14-37)49-31-48-41-18-10-9-17-40(41)42-19-11-21-45(54(42)48)55(49)52(57(47)56)38-15-7-4-8-16-38/h3-31H,1-2H3. The van der Waals surface area contributed by atoms with Gasteiger partial charge in [0.1, 0.15) is 0 Å². The summed E-state index contributed by atoms with van der Waals surface area (Å²) in [5, 5.41) is 27.7. The largest absolute Gasteiger partial charge is 0.192 e. The Labute approximate surface area is 336 Å². The van der Waals surface area contributed by atoms with E-state index in [0.29, 0.717) is 5.56 Å². The molecule has 0 radical (unpaired) electrons. The minimum Gasteiger partial charge on any atom is -0.192 e. The number of benzene rings is 10. The third-order valence-electron chi connectivity index (χ3n) is 12.8. The van der Waals surface area contributed by atoms with Gasteiger partial charge in [-0.05, 0) is 163 Å². The fourth-order valence-corrected chi connectivity index (χ4v) is 10.5. The van der Waals surface area contributed by atoms with Crippen LogP contribution in [0.1, 0.15) is 16.7 Å². The monoisotopic (exact) mass is 733 g/mol. The van der Waals surface area contributed by atoms with Crippen LogP contribution in [-0.4, -0.2) is 0 Å². The lowest BCUT2D eigenvalue weighted by atomic mass is 9.84. The molecule has 1 heteroatoms. The minimum absolute atomic E-state index is 0.674. The minimum atomic E-state index is 0.674. The summed E-state index contributed by atoms with van der Waals surface area (Å²) in [5.74, 6) is 0. The zero-order chi connectivity index (χ0) is 38.6. The number of hydrogen-bond donors (Lipinski definition) is 0. The van der Waals surface area contributed by atoms with E-state index in [0.717, 1.165) is 5.56 Å². The Morgan fingerprint density at radius 2 is 0.828 bits per heavy atom. The van der Waals surface area contributed by atoms with Gasteiger partial charge in [-0.1, -0.05) is 158 Å².